The molecule has 0 N–H and O–H groups in total. The van der Waals surface area contributed by atoms with Crippen LogP contribution in [0.1, 0.15) is 46.0 Å². The molecule has 0 atom stereocenters. The van der Waals surface area contributed by atoms with Gasteiger partial charge in [0.25, 0.3) is 0 Å². The molecular weight excluding hydrogens is 208 g/mol. The summed E-state index contributed by atoms with van der Waals surface area (Å²) >= 11 is 0. The van der Waals surface area contributed by atoms with Gasteiger partial charge in [0.15, 0.2) is 0 Å². The zero-order chi connectivity index (χ0) is 12.4. The number of unbranched alkanes of at least 4 members (excludes halogenated alkanes) is 2. The molecule has 91 valence electrons. The van der Waals surface area contributed by atoms with Gasteiger partial charge in [-0.2, -0.15) is 0 Å². The highest BCUT2D eigenvalue weighted by atomic mass is 16.5. The van der Waals surface area contributed by atoms with Crippen molar-refractivity contribution in [3.8, 4) is 0 Å². The molecule has 16 heavy (non-hydrogen) atoms. The van der Waals surface area contributed by atoms with Crippen LogP contribution in [-0.4, -0.2) is 18.5 Å². The lowest BCUT2D eigenvalue weighted by Gasteiger charge is -2.06. The van der Waals surface area contributed by atoms with E-state index >= 15 is 0 Å². The summed E-state index contributed by atoms with van der Waals surface area (Å²) in [6, 6.07) is 0. The van der Waals surface area contributed by atoms with Crippen LogP contribution in [0.15, 0.2) is 11.6 Å². The molecular formula is C12H19O4. The Balaban J connectivity index is 4.27. The number of esters is 1. The molecule has 0 aromatic rings. The summed E-state index contributed by atoms with van der Waals surface area (Å²) in [6.45, 7) is 4.30. The van der Waals surface area contributed by atoms with Crippen LogP contribution in [0, 0.1) is 0 Å². The second-order valence-corrected chi connectivity index (χ2v) is 3.58. The summed E-state index contributed by atoms with van der Waals surface area (Å²) in [5.74, 6) is -1.88. The van der Waals surface area contributed by atoms with Crippen molar-refractivity contribution in [1.29, 1.82) is 0 Å². The summed E-state index contributed by atoms with van der Waals surface area (Å²) in [7, 11) is 0. The number of hydrogen-bond acceptors (Lipinski definition) is 3. The Morgan fingerprint density at radius 1 is 1.12 bits per heavy atom. The summed E-state index contributed by atoms with van der Waals surface area (Å²) < 4.78 is 4.94. The van der Waals surface area contributed by atoms with E-state index in [1.807, 2.05) is 13.8 Å². The molecule has 0 rings (SSSR count). The van der Waals surface area contributed by atoms with E-state index in [0.717, 1.165) is 31.8 Å². The average Bonchev–Trinajstić information content (AvgIpc) is 2.23. The average molecular weight is 227 g/mol. The molecule has 0 spiro atoms. The first-order valence-corrected chi connectivity index (χ1v) is 5.70. The SMILES string of the molecule is CCCCOC(=O)/C(=C\C([O])=O)CCCC. The molecule has 0 amide bonds. The fourth-order valence-electron chi connectivity index (χ4n) is 1.14. The molecule has 0 saturated carbocycles. The van der Waals surface area contributed by atoms with Crippen molar-refractivity contribution in [2.24, 2.45) is 0 Å². The summed E-state index contributed by atoms with van der Waals surface area (Å²) in [5.41, 5.74) is 0.193. The standard InChI is InChI=1S/C12H19O4/c1-3-5-7-10(9-11(13)14)12(15)16-8-6-4-2/h9H,3-8H2,1-2H3/b10-9-. The zero-order valence-electron chi connectivity index (χ0n) is 9.95. The second-order valence-electron chi connectivity index (χ2n) is 3.58. The van der Waals surface area contributed by atoms with Gasteiger partial charge in [-0.05, 0) is 19.3 Å². The molecule has 0 aliphatic heterocycles. The van der Waals surface area contributed by atoms with Gasteiger partial charge in [-0.25, -0.2) is 14.7 Å². The van der Waals surface area contributed by atoms with Crippen LogP contribution in [0.2, 0.25) is 0 Å². The van der Waals surface area contributed by atoms with E-state index in [-0.39, 0.29) is 5.57 Å². The highest BCUT2D eigenvalue weighted by Crippen LogP contribution is 2.10. The van der Waals surface area contributed by atoms with Crippen LogP contribution in [0.4, 0.5) is 0 Å². The van der Waals surface area contributed by atoms with Gasteiger partial charge in [-0.3, -0.25) is 0 Å². The summed E-state index contributed by atoms with van der Waals surface area (Å²) in [4.78, 5) is 21.9. The Kier molecular flexibility index (Phi) is 8.21. The third-order valence-electron chi connectivity index (χ3n) is 2.08. The van der Waals surface area contributed by atoms with Crippen LogP contribution in [0.25, 0.3) is 0 Å². The van der Waals surface area contributed by atoms with Crippen LogP contribution in [-0.2, 0) is 19.4 Å². The predicted octanol–water partition coefficient (Wildman–Crippen LogP) is 2.40. The first-order valence-electron chi connectivity index (χ1n) is 5.70. The van der Waals surface area contributed by atoms with E-state index in [4.69, 9.17) is 4.74 Å². The van der Waals surface area contributed by atoms with Gasteiger partial charge in [0.05, 0.1) is 6.61 Å². The highest BCUT2D eigenvalue weighted by molar-refractivity contribution is 5.95. The lowest BCUT2D eigenvalue weighted by molar-refractivity contribution is -0.141. The maximum Gasteiger partial charge on any atom is 0.379 e. The Labute approximate surface area is 96.3 Å². The zero-order valence-corrected chi connectivity index (χ0v) is 9.95. The fraction of sp³-hybridized carbons (Fsp3) is 0.667. The number of ether oxygens (including phenoxy) is 1. The van der Waals surface area contributed by atoms with Crippen molar-refractivity contribution in [3.63, 3.8) is 0 Å². The first-order chi connectivity index (χ1) is 7.61. The minimum absolute atomic E-state index is 0.193. The van der Waals surface area contributed by atoms with Crippen molar-refractivity contribution in [1.82, 2.24) is 0 Å². The van der Waals surface area contributed by atoms with Crippen molar-refractivity contribution in [2.75, 3.05) is 6.61 Å². The normalized spacial score (nSPS) is 11.2. The predicted molar refractivity (Wildman–Crippen MR) is 59.2 cm³/mol. The molecule has 0 aromatic heterocycles. The van der Waals surface area contributed by atoms with E-state index < -0.39 is 11.9 Å². The largest absolute Gasteiger partial charge is 0.462 e. The molecule has 4 heteroatoms. The molecule has 1 radical (unpaired) electrons. The minimum Gasteiger partial charge on any atom is -0.462 e. The summed E-state index contributed by atoms with van der Waals surface area (Å²) in [6.07, 6.45) is 4.65. The molecule has 0 saturated heterocycles. The van der Waals surface area contributed by atoms with Gasteiger partial charge in [0, 0.05) is 11.6 Å². The maximum absolute atomic E-state index is 11.5. The first kappa shape index (κ1) is 14.7. The smallest absolute Gasteiger partial charge is 0.379 e. The van der Waals surface area contributed by atoms with Gasteiger partial charge < -0.3 is 4.74 Å². The third-order valence-corrected chi connectivity index (χ3v) is 2.08. The number of carbonyl (C=O) groups is 2. The Morgan fingerprint density at radius 2 is 1.75 bits per heavy atom. The Morgan fingerprint density at radius 3 is 2.25 bits per heavy atom. The van der Waals surface area contributed by atoms with Crippen LogP contribution in [0.3, 0.4) is 0 Å². The van der Waals surface area contributed by atoms with E-state index in [9.17, 15) is 14.7 Å². The van der Waals surface area contributed by atoms with Crippen molar-refractivity contribution in [2.45, 2.75) is 46.0 Å². The molecule has 4 nitrogen and oxygen atoms in total. The van der Waals surface area contributed by atoms with E-state index in [0.29, 0.717) is 13.0 Å². The van der Waals surface area contributed by atoms with Crippen LogP contribution in [0.5, 0.6) is 0 Å². The molecule has 0 unspecified atom stereocenters. The summed E-state index contributed by atoms with van der Waals surface area (Å²) in [5, 5.41) is 10.4. The minimum atomic E-state index is -1.35. The van der Waals surface area contributed by atoms with E-state index in [2.05, 4.69) is 0 Å². The number of rotatable bonds is 8. The molecule has 0 aliphatic carbocycles. The van der Waals surface area contributed by atoms with E-state index in [1.54, 1.807) is 0 Å². The second kappa shape index (κ2) is 8.95. The number of hydrogen-bond donors (Lipinski definition) is 0. The molecule has 0 aliphatic rings. The maximum atomic E-state index is 11.5. The highest BCUT2D eigenvalue weighted by Gasteiger charge is 2.12. The lowest BCUT2D eigenvalue weighted by Crippen LogP contribution is -2.10. The fourth-order valence-corrected chi connectivity index (χ4v) is 1.14. The van der Waals surface area contributed by atoms with Crippen molar-refractivity contribution < 1.29 is 19.4 Å². The van der Waals surface area contributed by atoms with Gasteiger partial charge >= 0.3 is 11.9 Å². The molecule has 0 aromatic carbocycles. The quantitative estimate of drug-likeness (QED) is 0.363. The van der Waals surface area contributed by atoms with Gasteiger partial charge in [-0.1, -0.05) is 26.7 Å². The van der Waals surface area contributed by atoms with Crippen LogP contribution >= 0.6 is 0 Å². The topological polar surface area (TPSA) is 63.3 Å². The lowest BCUT2D eigenvalue weighted by atomic mass is 10.1. The van der Waals surface area contributed by atoms with Gasteiger partial charge in [0.1, 0.15) is 0 Å². The molecule has 0 bridgehead atoms. The molecule has 0 heterocycles. The van der Waals surface area contributed by atoms with Gasteiger partial charge in [0.2, 0.25) is 0 Å². The van der Waals surface area contributed by atoms with Gasteiger partial charge in [-0.15, -0.1) is 0 Å². The van der Waals surface area contributed by atoms with Crippen LogP contribution < -0.4 is 0 Å². The van der Waals surface area contributed by atoms with E-state index in [1.165, 1.54) is 0 Å². The number of carbonyl (C=O) groups excluding carboxylic acids is 2. The monoisotopic (exact) mass is 227 g/mol. The Bertz CT molecular complexity index is 256. The molecule has 0 fully saturated rings. The Hall–Kier alpha value is -1.32. The third kappa shape index (κ3) is 7.04. The van der Waals surface area contributed by atoms with Crippen molar-refractivity contribution >= 4 is 11.9 Å². The van der Waals surface area contributed by atoms with Crippen molar-refractivity contribution in [3.05, 3.63) is 11.6 Å².